The fourth-order valence-electron chi connectivity index (χ4n) is 5.81. The van der Waals surface area contributed by atoms with Crippen LogP contribution in [0.2, 0.25) is 0 Å². The van der Waals surface area contributed by atoms with E-state index in [1.165, 1.54) is 4.90 Å². The third kappa shape index (κ3) is 3.12. The van der Waals surface area contributed by atoms with Crippen LogP contribution in [-0.4, -0.2) is 22.7 Å². The number of allylic oxidation sites excluding steroid dienone is 2. The molecule has 0 spiro atoms. The summed E-state index contributed by atoms with van der Waals surface area (Å²) in [6, 6.07) is 21.4. The van der Waals surface area contributed by atoms with Gasteiger partial charge in [0.1, 0.15) is 5.52 Å². The number of imide groups is 1. The highest BCUT2D eigenvalue weighted by atomic mass is 16.3. The summed E-state index contributed by atoms with van der Waals surface area (Å²) in [6.07, 6.45) is 5.05. The quantitative estimate of drug-likeness (QED) is 0.329. The van der Waals surface area contributed by atoms with Gasteiger partial charge in [-0.15, -0.1) is 0 Å². The molecule has 3 aliphatic rings. The number of para-hydroxylation sites is 2. The van der Waals surface area contributed by atoms with Gasteiger partial charge in [-0.1, -0.05) is 24.3 Å². The Hall–Kier alpha value is -4.52. The SMILES string of the molecule is O=C(Nc1ccc(-c2nc3ccccc3o2)cc1)c1ccc(N2C(=O)[C@@H]3[C@@H](C2=O)[C@H]2C=C[C@@H]3C2)cc1. The third-order valence-electron chi connectivity index (χ3n) is 7.54. The molecule has 1 saturated carbocycles. The van der Waals surface area contributed by atoms with Crippen molar-refractivity contribution in [2.75, 3.05) is 10.2 Å². The van der Waals surface area contributed by atoms with Crippen LogP contribution >= 0.6 is 0 Å². The van der Waals surface area contributed by atoms with Gasteiger partial charge in [0.05, 0.1) is 17.5 Å². The van der Waals surface area contributed by atoms with Gasteiger partial charge >= 0.3 is 0 Å². The minimum Gasteiger partial charge on any atom is -0.436 e. The van der Waals surface area contributed by atoms with Gasteiger partial charge in [-0.05, 0) is 78.9 Å². The maximum absolute atomic E-state index is 13.0. The van der Waals surface area contributed by atoms with Gasteiger partial charge < -0.3 is 9.73 Å². The Kier molecular flexibility index (Phi) is 4.48. The topological polar surface area (TPSA) is 92.5 Å². The number of anilines is 2. The highest BCUT2D eigenvalue weighted by Crippen LogP contribution is 2.53. The fourth-order valence-corrected chi connectivity index (χ4v) is 5.81. The highest BCUT2D eigenvalue weighted by molar-refractivity contribution is 6.23. The lowest BCUT2D eigenvalue weighted by Gasteiger charge is -2.17. The van der Waals surface area contributed by atoms with Crippen LogP contribution in [0.3, 0.4) is 0 Å². The van der Waals surface area contributed by atoms with Crippen molar-refractivity contribution in [2.24, 2.45) is 23.7 Å². The number of nitrogens with zero attached hydrogens (tertiary/aromatic N) is 2. The molecule has 2 aliphatic carbocycles. The van der Waals surface area contributed by atoms with Crippen molar-refractivity contribution in [3.8, 4) is 11.5 Å². The molecule has 0 radical (unpaired) electrons. The van der Waals surface area contributed by atoms with Crippen LogP contribution in [0.5, 0.6) is 0 Å². The minimum atomic E-state index is -0.283. The molecular formula is C29H21N3O4. The second-order valence-electron chi connectivity index (χ2n) is 9.58. The number of carbonyl (C=O) groups excluding carboxylic acids is 3. The average Bonchev–Trinajstić information content (AvgIpc) is 3.67. The standard InChI is InChI=1S/C29H21N3O4/c33-26(30-20-11-7-17(8-12-20)27-31-22-3-1-2-4-23(22)36-27)16-9-13-21(14-10-16)32-28(34)24-18-5-6-19(15-18)25(24)29(32)35/h1-14,18-19,24-25H,15H2,(H,30,33)/t18-,19+,24-,25-/m0/s1. The van der Waals surface area contributed by atoms with E-state index < -0.39 is 0 Å². The number of aromatic nitrogens is 1. The molecule has 7 nitrogen and oxygen atoms in total. The van der Waals surface area contributed by atoms with E-state index in [1.807, 2.05) is 36.4 Å². The number of fused-ring (bicyclic) bond motifs is 6. The molecule has 7 rings (SSSR count). The normalized spacial score (nSPS) is 24.1. The van der Waals surface area contributed by atoms with E-state index in [4.69, 9.17) is 4.42 Å². The zero-order valence-electron chi connectivity index (χ0n) is 19.1. The van der Waals surface area contributed by atoms with Crippen molar-refractivity contribution in [3.05, 3.63) is 90.5 Å². The van der Waals surface area contributed by atoms with Gasteiger partial charge in [0.25, 0.3) is 5.91 Å². The number of nitrogens with one attached hydrogen (secondary N) is 1. The van der Waals surface area contributed by atoms with Crippen LogP contribution in [0.25, 0.3) is 22.6 Å². The molecule has 36 heavy (non-hydrogen) atoms. The Morgan fingerprint density at radius 3 is 2.19 bits per heavy atom. The molecule has 176 valence electrons. The molecule has 2 bridgehead atoms. The van der Waals surface area contributed by atoms with Gasteiger partial charge in [0, 0.05) is 16.8 Å². The molecule has 1 N–H and O–H groups in total. The van der Waals surface area contributed by atoms with Crippen molar-refractivity contribution in [2.45, 2.75) is 6.42 Å². The molecule has 4 aromatic rings. The summed E-state index contributed by atoms with van der Waals surface area (Å²) in [6.45, 7) is 0. The average molecular weight is 476 g/mol. The molecule has 0 unspecified atom stereocenters. The Balaban J connectivity index is 1.05. The molecule has 1 aliphatic heterocycles. The first-order valence-corrected chi connectivity index (χ1v) is 12.0. The smallest absolute Gasteiger partial charge is 0.255 e. The van der Waals surface area contributed by atoms with Crippen molar-refractivity contribution in [3.63, 3.8) is 0 Å². The minimum absolute atomic E-state index is 0.127. The number of amides is 3. The molecule has 7 heteroatoms. The van der Waals surface area contributed by atoms with Gasteiger partial charge in [-0.3, -0.25) is 19.3 Å². The van der Waals surface area contributed by atoms with Crippen molar-refractivity contribution >= 4 is 40.2 Å². The summed E-state index contributed by atoms with van der Waals surface area (Å²) in [4.78, 5) is 44.6. The first-order valence-electron chi connectivity index (χ1n) is 12.0. The van der Waals surface area contributed by atoms with E-state index in [1.54, 1.807) is 36.4 Å². The van der Waals surface area contributed by atoms with Gasteiger partial charge in [0.2, 0.25) is 17.7 Å². The van der Waals surface area contributed by atoms with Crippen molar-refractivity contribution < 1.29 is 18.8 Å². The van der Waals surface area contributed by atoms with Crippen LogP contribution in [0.1, 0.15) is 16.8 Å². The molecular weight excluding hydrogens is 454 g/mol. The van der Waals surface area contributed by atoms with Gasteiger partial charge in [0.15, 0.2) is 5.58 Å². The zero-order valence-corrected chi connectivity index (χ0v) is 19.1. The van der Waals surface area contributed by atoms with E-state index >= 15 is 0 Å². The lowest BCUT2D eigenvalue weighted by molar-refractivity contribution is -0.123. The van der Waals surface area contributed by atoms with E-state index in [0.717, 1.165) is 23.1 Å². The number of benzene rings is 3. The van der Waals surface area contributed by atoms with Gasteiger partial charge in [-0.2, -0.15) is 0 Å². The zero-order chi connectivity index (χ0) is 24.4. The Labute approximate surface area is 206 Å². The maximum Gasteiger partial charge on any atom is 0.255 e. The summed E-state index contributed by atoms with van der Waals surface area (Å²) in [5.74, 6) is -0.170. The Bertz CT molecular complexity index is 1510. The van der Waals surface area contributed by atoms with E-state index in [9.17, 15) is 14.4 Å². The molecule has 2 heterocycles. The van der Waals surface area contributed by atoms with Crippen molar-refractivity contribution in [1.82, 2.24) is 4.98 Å². The number of hydrogen-bond acceptors (Lipinski definition) is 5. The predicted octanol–water partition coefficient (Wildman–Crippen LogP) is 5.06. The van der Waals surface area contributed by atoms with E-state index in [2.05, 4.69) is 22.5 Å². The largest absolute Gasteiger partial charge is 0.436 e. The van der Waals surface area contributed by atoms with Gasteiger partial charge in [-0.25, -0.2) is 4.98 Å². The maximum atomic E-state index is 13.0. The summed E-state index contributed by atoms with van der Waals surface area (Å²) >= 11 is 0. The second-order valence-corrected chi connectivity index (χ2v) is 9.58. The van der Waals surface area contributed by atoms with Crippen LogP contribution < -0.4 is 10.2 Å². The molecule has 3 amide bonds. The summed E-state index contributed by atoms with van der Waals surface area (Å²) in [7, 11) is 0. The third-order valence-corrected chi connectivity index (χ3v) is 7.54. The van der Waals surface area contributed by atoms with E-state index in [0.29, 0.717) is 22.8 Å². The number of oxazole rings is 1. The summed E-state index contributed by atoms with van der Waals surface area (Å²) in [5.41, 5.74) is 3.89. The van der Waals surface area contributed by atoms with Crippen LogP contribution in [0.15, 0.2) is 89.4 Å². The van der Waals surface area contributed by atoms with Crippen LogP contribution in [-0.2, 0) is 9.59 Å². The van der Waals surface area contributed by atoms with Crippen molar-refractivity contribution in [1.29, 1.82) is 0 Å². The first-order chi connectivity index (χ1) is 17.6. The first kappa shape index (κ1) is 20.8. The lowest BCUT2D eigenvalue weighted by Crippen LogP contribution is -2.32. The molecule has 4 atom stereocenters. The van der Waals surface area contributed by atoms with Crippen LogP contribution in [0, 0.1) is 23.7 Å². The predicted molar refractivity (Wildman–Crippen MR) is 134 cm³/mol. The Morgan fingerprint density at radius 2 is 1.53 bits per heavy atom. The summed E-state index contributed by atoms with van der Waals surface area (Å²) < 4.78 is 5.80. The fraction of sp³-hybridized carbons (Fsp3) is 0.172. The van der Waals surface area contributed by atoms with Crippen LogP contribution in [0.4, 0.5) is 11.4 Å². The molecule has 2 fully saturated rings. The molecule has 1 saturated heterocycles. The number of rotatable bonds is 4. The Morgan fingerprint density at radius 1 is 0.861 bits per heavy atom. The molecule has 3 aromatic carbocycles. The highest BCUT2D eigenvalue weighted by Gasteiger charge is 2.59. The second kappa shape index (κ2) is 7.75. The monoisotopic (exact) mass is 475 g/mol. The summed E-state index contributed by atoms with van der Waals surface area (Å²) in [5, 5.41) is 2.88. The van der Waals surface area contributed by atoms with E-state index in [-0.39, 0.29) is 41.4 Å². The number of carbonyl (C=O) groups is 3. The number of hydrogen-bond donors (Lipinski definition) is 1. The molecule has 1 aromatic heterocycles. The lowest BCUT2D eigenvalue weighted by atomic mass is 9.85.